The first-order valence-electron chi connectivity index (χ1n) is 10.8. The molecule has 0 spiro atoms. The number of halogens is 1. The second-order valence-electron chi connectivity index (χ2n) is 7.58. The molecule has 0 fully saturated rings. The Morgan fingerprint density at radius 3 is 2.67 bits per heavy atom. The highest BCUT2D eigenvalue weighted by Crippen LogP contribution is 2.32. The van der Waals surface area contributed by atoms with Crippen molar-refractivity contribution in [1.82, 2.24) is 5.32 Å². The number of benzene rings is 3. The topological polar surface area (TPSA) is 70.6 Å². The maximum Gasteiger partial charge on any atom is 0.238 e. The summed E-state index contributed by atoms with van der Waals surface area (Å²) in [6.07, 6.45) is 2.81. The quantitative estimate of drug-likeness (QED) is 0.328. The molecule has 0 bridgehead atoms. The Kier molecular flexibility index (Phi) is 10.1. The number of anilines is 1. The molecule has 0 saturated heterocycles. The number of amides is 1. The summed E-state index contributed by atoms with van der Waals surface area (Å²) in [5.74, 6) is 1.46. The lowest BCUT2D eigenvalue weighted by Gasteiger charge is -2.17. The van der Waals surface area contributed by atoms with E-state index in [9.17, 15) is 9.90 Å². The van der Waals surface area contributed by atoms with E-state index in [0.717, 1.165) is 34.6 Å². The molecule has 5 nitrogen and oxygen atoms in total. The molecule has 0 aliphatic heterocycles. The number of aliphatic hydroxyl groups excluding tert-OH is 1. The number of ether oxygens (including phenoxy) is 1. The number of thioether (sulfide) groups is 1. The summed E-state index contributed by atoms with van der Waals surface area (Å²) in [5, 5.41) is 16.1. The van der Waals surface area contributed by atoms with Crippen LogP contribution in [0.4, 0.5) is 5.69 Å². The normalized spacial score (nSPS) is 11.7. The Balaban J connectivity index is 1.69. The molecule has 3 aromatic carbocycles. The van der Waals surface area contributed by atoms with Gasteiger partial charge in [0.2, 0.25) is 5.91 Å². The Hall–Kier alpha value is -2.51. The van der Waals surface area contributed by atoms with Crippen molar-refractivity contribution in [3.05, 3.63) is 83.4 Å². The smallest absolute Gasteiger partial charge is 0.238 e. The average Bonchev–Trinajstić information content (AvgIpc) is 2.84. The molecule has 3 N–H and O–H groups in total. The first kappa shape index (κ1) is 25.1. The van der Waals surface area contributed by atoms with E-state index in [4.69, 9.17) is 16.3 Å². The summed E-state index contributed by atoms with van der Waals surface area (Å²) in [6, 6.07) is 23.1. The Morgan fingerprint density at radius 2 is 1.91 bits per heavy atom. The van der Waals surface area contributed by atoms with Gasteiger partial charge in [0.05, 0.1) is 18.8 Å². The van der Waals surface area contributed by atoms with E-state index in [-0.39, 0.29) is 25.1 Å². The standard InChI is InChI=1S/C26H29ClN2O3S/c1-33-13-12-22(17-30)28-16-26(31)29-25-15-21(27)10-11-24(25)20-8-5-9-23(14-20)32-18-19-6-3-2-4-7-19/h2-11,14-15,22,28,30H,12-13,16-18H2,1H3,(H,29,31)/t22-/m0/s1. The monoisotopic (exact) mass is 484 g/mol. The van der Waals surface area contributed by atoms with Gasteiger partial charge in [0.1, 0.15) is 12.4 Å². The summed E-state index contributed by atoms with van der Waals surface area (Å²) in [4.78, 5) is 12.6. The SMILES string of the molecule is CSCC[C@@H](CO)NCC(=O)Nc1cc(Cl)ccc1-c1cccc(OCc2ccccc2)c1. The number of carbonyl (C=O) groups excluding carboxylic acids is 1. The zero-order valence-electron chi connectivity index (χ0n) is 18.6. The molecule has 1 atom stereocenters. The Morgan fingerprint density at radius 1 is 1.09 bits per heavy atom. The average molecular weight is 485 g/mol. The predicted molar refractivity (Wildman–Crippen MR) is 138 cm³/mol. The number of carbonyl (C=O) groups is 1. The summed E-state index contributed by atoms with van der Waals surface area (Å²) in [7, 11) is 0. The van der Waals surface area contributed by atoms with Crippen LogP contribution in [0.15, 0.2) is 72.8 Å². The molecule has 0 aliphatic carbocycles. The predicted octanol–water partition coefficient (Wildman–Crippen LogP) is 5.23. The van der Waals surface area contributed by atoms with Gasteiger partial charge in [-0.3, -0.25) is 4.79 Å². The van der Waals surface area contributed by atoms with Gasteiger partial charge >= 0.3 is 0 Å². The zero-order chi connectivity index (χ0) is 23.5. The third kappa shape index (κ3) is 8.09. The van der Waals surface area contributed by atoms with Gasteiger partial charge in [0.25, 0.3) is 0 Å². The second kappa shape index (κ2) is 13.3. The van der Waals surface area contributed by atoms with Crippen molar-refractivity contribution < 1.29 is 14.6 Å². The summed E-state index contributed by atoms with van der Waals surface area (Å²) in [6.45, 7) is 0.570. The van der Waals surface area contributed by atoms with Crippen LogP contribution < -0.4 is 15.4 Å². The highest BCUT2D eigenvalue weighted by atomic mass is 35.5. The minimum atomic E-state index is -0.197. The summed E-state index contributed by atoms with van der Waals surface area (Å²) >= 11 is 7.93. The Labute approximate surface area is 204 Å². The molecular formula is C26H29ClN2O3S. The molecule has 33 heavy (non-hydrogen) atoms. The van der Waals surface area contributed by atoms with Gasteiger partial charge in [-0.15, -0.1) is 0 Å². The molecule has 0 radical (unpaired) electrons. The van der Waals surface area contributed by atoms with E-state index in [2.05, 4.69) is 10.6 Å². The molecule has 7 heteroatoms. The fourth-order valence-corrected chi connectivity index (χ4v) is 4.01. The van der Waals surface area contributed by atoms with E-state index in [1.54, 1.807) is 23.9 Å². The van der Waals surface area contributed by atoms with E-state index in [1.807, 2.05) is 66.9 Å². The van der Waals surface area contributed by atoms with Crippen molar-refractivity contribution in [3.63, 3.8) is 0 Å². The van der Waals surface area contributed by atoms with Crippen LogP contribution >= 0.6 is 23.4 Å². The van der Waals surface area contributed by atoms with Gasteiger partial charge in [-0.2, -0.15) is 11.8 Å². The number of hydrogen-bond acceptors (Lipinski definition) is 5. The van der Waals surface area contributed by atoms with Crippen LogP contribution in [0.2, 0.25) is 5.02 Å². The Bertz CT molecular complexity index is 1030. The number of aliphatic hydroxyl groups is 1. The number of nitrogens with one attached hydrogen (secondary N) is 2. The number of hydrogen-bond donors (Lipinski definition) is 3. The van der Waals surface area contributed by atoms with Gasteiger partial charge in [0.15, 0.2) is 0 Å². The molecule has 3 rings (SSSR count). The molecule has 0 aromatic heterocycles. The van der Waals surface area contributed by atoms with Crippen LogP contribution in [0, 0.1) is 0 Å². The van der Waals surface area contributed by atoms with Gasteiger partial charge in [-0.25, -0.2) is 0 Å². The molecule has 0 saturated carbocycles. The molecular weight excluding hydrogens is 456 g/mol. The summed E-state index contributed by atoms with van der Waals surface area (Å²) < 4.78 is 5.96. The maximum atomic E-state index is 12.6. The van der Waals surface area contributed by atoms with Crippen molar-refractivity contribution in [3.8, 4) is 16.9 Å². The molecule has 0 unspecified atom stereocenters. The minimum Gasteiger partial charge on any atom is -0.489 e. The lowest BCUT2D eigenvalue weighted by molar-refractivity contribution is -0.115. The van der Waals surface area contributed by atoms with E-state index < -0.39 is 0 Å². The highest BCUT2D eigenvalue weighted by molar-refractivity contribution is 7.98. The molecule has 0 aliphatic rings. The maximum absolute atomic E-state index is 12.6. The van der Waals surface area contributed by atoms with E-state index in [0.29, 0.717) is 17.3 Å². The zero-order valence-corrected chi connectivity index (χ0v) is 20.2. The van der Waals surface area contributed by atoms with Gasteiger partial charge in [0, 0.05) is 16.6 Å². The van der Waals surface area contributed by atoms with Crippen molar-refractivity contribution in [1.29, 1.82) is 0 Å². The summed E-state index contributed by atoms with van der Waals surface area (Å²) in [5.41, 5.74) is 3.47. The first-order chi connectivity index (χ1) is 16.1. The molecule has 1 amide bonds. The van der Waals surface area contributed by atoms with Crippen molar-refractivity contribution in [2.75, 3.05) is 30.5 Å². The number of rotatable bonds is 12. The van der Waals surface area contributed by atoms with Crippen LogP contribution in [0.25, 0.3) is 11.1 Å². The second-order valence-corrected chi connectivity index (χ2v) is 9.00. The van der Waals surface area contributed by atoms with Crippen LogP contribution in [-0.2, 0) is 11.4 Å². The first-order valence-corrected chi connectivity index (χ1v) is 12.6. The lowest BCUT2D eigenvalue weighted by Crippen LogP contribution is -2.38. The van der Waals surface area contributed by atoms with Crippen LogP contribution in [0.3, 0.4) is 0 Å². The fourth-order valence-electron chi connectivity index (χ4n) is 3.32. The lowest BCUT2D eigenvalue weighted by atomic mass is 10.0. The van der Waals surface area contributed by atoms with Crippen LogP contribution in [0.1, 0.15) is 12.0 Å². The van der Waals surface area contributed by atoms with Crippen molar-refractivity contribution in [2.45, 2.75) is 19.1 Å². The molecule has 0 heterocycles. The molecule has 3 aromatic rings. The third-order valence-electron chi connectivity index (χ3n) is 5.09. The third-order valence-corrected chi connectivity index (χ3v) is 5.97. The molecule has 174 valence electrons. The fraction of sp³-hybridized carbons (Fsp3) is 0.269. The van der Waals surface area contributed by atoms with Gasteiger partial charge < -0.3 is 20.5 Å². The van der Waals surface area contributed by atoms with Crippen molar-refractivity contribution in [2.24, 2.45) is 0 Å². The minimum absolute atomic E-state index is 0.00791. The highest BCUT2D eigenvalue weighted by Gasteiger charge is 2.13. The van der Waals surface area contributed by atoms with Gasteiger partial charge in [-0.1, -0.05) is 60.1 Å². The van der Waals surface area contributed by atoms with E-state index >= 15 is 0 Å². The van der Waals surface area contributed by atoms with Crippen molar-refractivity contribution >= 4 is 35.0 Å². The van der Waals surface area contributed by atoms with Crippen LogP contribution in [0.5, 0.6) is 5.75 Å². The van der Waals surface area contributed by atoms with Crippen LogP contribution in [-0.4, -0.2) is 42.2 Å². The largest absolute Gasteiger partial charge is 0.489 e. The van der Waals surface area contributed by atoms with Gasteiger partial charge in [-0.05, 0) is 53.8 Å². The van der Waals surface area contributed by atoms with E-state index in [1.165, 1.54) is 0 Å².